The molecule has 0 bridgehead atoms. The first kappa shape index (κ1) is 15.6. The largest absolute Gasteiger partial charge is 0.312 e. The van der Waals surface area contributed by atoms with Gasteiger partial charge in [-0.2, -0.15) is 0 Å². The lowest BCUT2D eigenvalue weighted by Crippen LogP contribution is -2.38. The molecule has 21 heavy (non-hydrogen) atoms. The van der Waals surface area contributed by atoms with Crippen molar-refractivity contribution >= 4 is 17.4 Å². The Morgan fingerprint density at radius 3 is 2.48 bits per heavy atom. The van der Waals surface area contributed by atoms with Gasteiger partial charge in [-0.1, -0.05) is 0 Å². The molecule has 0 aliphatic carbocycles. The van der Waals surface area contributed by atoms with Crippen molar-refractivity contribution in [2.45, 2.75) is 32.7 Å². The van der Waals surface area contributed by atoms with Gasteiger partial charge in [0.1, 0.15) is 5.82 Å². The summed E-state index contributed by atoms with van der Waals surface area (Å²) in [4.78, 5) is 24.7. The summed E-state index contributed by atoms with van der Waals surface area (Å²) < 4.78 is 27.0. The summed E-state index contributed by atoms with van der Waals surface area (Å²) in [5.74, 6) is -3.39. The van der Waals surface area contributed by atoms with Gasteiger partial charge in [-0.05, 0) is 39.8 Å². The van der Waals surface area contributed by atoms with Crippen LogP contribution in [0.3, 0.4) is 0 Å². The number of halogens is 2. The summed E-state index contributed by atoms with van der Waals surface area (Å²) in [6.07, 6.45) is 0.562. The highest BCUT2D eigenvalue weighted by Gasteiger charge is 2.38. The molecule has 0 radical (unpaired) electrons. The normalized spacial score (nSPS) is 14.8. The van der Waals surface area contributed by atoms with Crippen LogP contribution < -0.4 is 10.2 Å². The number of amides is 1. The summed E-state index contributed by atoms with van der Waals surface area (Å²) in [5.41, 5.74) is -0.361. The minimum Gasteiger partial charge on any atom is -0.312 e. The molecule has 0 spiro atoms. The van der Waals surface area contributed by atoms with Crippen LogP contribution in [0.4, 0.5) is 14.5 Å². The zero-order valence-electron chi connectivity index (χ0n) is 12.3. The molecule has 2 rings (SSSR count). The molecule has 0 aromatic heterocycles. The maximum absolute atomic E-state index is 13.8. The van der Waals surface area contributed by atoms with E-state index in [2.05, 4.69) is 5.32 Å². The second-order valence-corrected chi connectivity index (χ2v) is 6.10. The van der Waals surface area contributed by atoms with Gasteiger partial charge in [0.25, 0.3) is 11.7 Å². The van der Waals surface area contributed by atoms with Gasteiger partial charge in [-0.25, -0.2) is 8.78 Å². The standard InChI is InChI=1S/C15H18F2N2O2/c1-15(2,3)18-5-4-6-19-12-10(13(20)14(19)21)7-9(16)8-11(12)17/h7-8,18H,4-6H2,1-3H3. The first-order valence-electron chi connectivity index (χ1n) is 6.81. The van der Waals surface area contributed by atoms with E-state index in [1.807, 2.05) is 20.8 Å². The Morgan fingerprint density at radius 2 is 1.86 bits per heavy atom. The molecule has 6 heteroatoms. The number of nitrogens with zero attached hydrogens (tertiary/aromatic N) is 1. The van der Waals surface area contributed by atoms with Gasteiger partial charge in [-0.15, -0.1) is 0 Å². The highest BCUT2D eigenvalue weighted by atomic mass is 19.1. The number of carbonyl (C=O) groups is 2. The number of anilines is 1. The van der Waals surface area contributed by atoms with Crippen molar-refractivity contribution in [3.8, 4) is 0 Å². The van der Waals surface area contributed by atoms with Crippen LogP contribution in [0.5, 0.6) is 0 Å². The van der Waals surface area contributed by atoms with Gasteiger partial charge in [0.2, 0.25) is 0 Å². The van der Waals surface area contributed by atoms with E-state index in [0.717, 1.165) is 11.0 Å². The van der Waals surface area contributed by atoms with Crippen LogP contribution in [0, 0.1) is 11.6 Å². The molecule has 1 N–H and O–H groups in total. The van der Waals surface area contributed by atoms with Crippen LogP contribution in [0.1, 0.15) is 37.6 Å². The molecule has 1 aromatic carbocycles. The second kappa shape index (κ2) is 5.52. The van der Waals surface area contributed by atoms with Crippen LogP contribution in [0.2, 0.25) is 0 Å². The quantitative estimate of drug-likeness (QED) is 0.685. The molecule has 1 aromatic rings. The summed E-state index contributed by atoms with van der Waals surface area (Å²) in [6.45, 7) is 6.86. The number of nitrogens with one attached hydrogen (secondary N) is 1. The molecule has 1 aliphatic heterocycles. The Kier molecular flexibility index (Phi) is 4.09. The number of carbonyl (C=O) groups excluding carboxylic acids is 2. The SMILES string of the molecule is CC(C)(C)NCCCN1C(=O)C(=O)c2cc(F)cc(F)c21. The van der Waals surface area contributed by atoms with Gasteiger partial charge in [-0.3, -0.25) is 9.59 Å². The second-order valence-electron chi connectivity index (χ2n) is 6.10. The molecule has 0 fully saturated rings. The summed E-state index contributed by atoms with van der Waals surface area (Å²) >= 11 is 0. The number of benzene rings is 1. The number of hydrogen-bond donors (Lipinski definition) is 1. The highest BCUT2D eigenvalue weighted by molar-refractivity contribution is 6.52. The average molecular weight is 296 g/mol. The predicted octanol–water partition coefficient (Wildman–Crippen LogP) is 2.27. The van der Waals surface area contributed by atoms with Crippen LogP contribution >= 0.6 is 0 Å². The van der Waals surface area contributed by atoms with Gasteiger partial charge in [0, 0.05) is 18.2 Å². The first-order chi connectivity index (χ1) is 9.70. The fraction of sp³-hybridized carbons (Fsp3) is 0.467. The van der Waals surface area contributed by atoms with Crippen molar-refractivity contribution in [2.24, 2.45) is 0 Å². The van der Waals surface area contributed by atoms with Crippen molar-refractivity contribution in [3.63, 3.8) is 0 Å². The zero-order chi connectivity index (χ0) is 15.8. The molecule has 114 valence electrons. The maximum atomic E-state index is 13.8. The lowest BCUT2D eigenvalue weighted by Gasteiger charge is -2.22. The smallest absolute Gasteiger partial charge is 0.299 e. The van der Waals surface area contributed by atoms with Gasteiger partial charge < -0.3 is 10.2 Å². The third-order valence-electron chi connectivity index (χ3n) is 3.20. The Hall–Kier alpha value is -1.82. The number of fused-ring (bicyclic) bond motifs is 1. The fourth-order valence-electron chi connectivity index (χ4n) is 2.27. The van der Waals surface area contributed by atoms with Crippen molar-refractivity contribution in [2.75, 3.05) is 18.0 Å². The molecule has 4 nitrogen and oxygen atoms in total. The first-order valence-corrected chi connectivity index (χ1v) is 6.81. The van der Waals surface area contributed by atoms with E-state index in [4.69, 9.17) is 0 Å². The maximum Gasteiger partial charge on any atom is 0.299 e. The summed E-state index contributed by atoms with van der Waals surface area (Å²) in [5, 5.41) is 3.24. The number of ketones is 1. The van der Waals surface area contributed by atoms with Crippen molar-refractivity contribution in [1.29, 1.82) is 0 Å². The van der Waals surface area contributed by atoms with Crippen LogP contribution in [-0.4, -0.2) is 30.3 Å². The van der Waals surface area contributed by atoms with E-state index in [0.29, 0.717) is 19.0 Å². The predicted molar refractivity (Wildman–Crippen MR) is 75.4 cm³/mol. The molecular weight excluding hydrogens is 278 g/mol. The summed E-state index contributed by atoms with van der Waals surface area (Å²) in [7, 11) is 0. The highest BCUT2D eigenvalue weighted by Crippen LogP contribution is 2.32. The summed E-state index contributed by atoms with van der Waals surface area (Å²) in [6, 6.07) is 1.59. The lowest BCUT2D eigenvalue weighted by molar-refractivity contribution is -0.114. The molecule has 1 heterocycles. The van der Waals surface area contributed by atoms with E-state index >= 15 is 0 Å². The minimum atomic E-state index is -0.881. The molecule has 0 saturated carbocycles. The third kappa shape index (κ3) is 3.26. The Morgan fingerprint density at radius 1 is 1.19 bits per heavy atom. The van der Waals surface area contributed by atoms with Crippen LogP contribution in [0.25, 0.3) is 0 Å². The van der Waals surface area contributed by atoms with Gasteiger partial charge in [0.05, 0.1) is 11.3 Å². The number of rotatable bonds is 4. The monoisotopic (exact) mass is 296 g/mol. The number of hydrogen-bond acceptors (Lipinski definition) is 3. The lowest BCUT2D eigenvalue weighted by atomic mass is 10.1. The van der Waals surface area contributed by atoms with E-state index in [1.54, 1.807) is 0 Å². The molecule has 1 aliphatic rings. The van der Waals surface area contributed by atoms with E-state index in [-0.39, 0.29) is 23.3 Å². The molecule has 0 atom stereocenters. The van der Waals surface area contributed by atoms with Gasteiger partial charge in [0.15, 0.2) is 5.82 Å². The minimum absolute atomic E-state index is 0.0584. The van der Waals surface area contributed by atoms with E-state index in [9.17, 15) is 18.4 Å². The fourth-order valence-corrected chi connectivity index (χ4v) is 2.27. The van der Waals surface area contributed by atoms with Crippen molar-refractivity contribution in [1.82, 2.24) is 5.32 Å². The van der Waals surface area contributed by atoms with Crippen LogP contribution in [-0.2, 0) is 4.79 Å². The molecule has 0 saturated heterocycles. The third-order valence-corrected chi connectivity index (χ3v) is 3.20. The topological polar surface area (TPSA) is 49.4 Å². The molecule has 1 amide bonds. The Balaban J connectivity index is 2.12. The average Bonchev–Trinajstić information content (AvgIpc) is 2.58. The van der Waals surface area contributed by atoms with E-state index in [1.165, 1.54) is 0 Å². The van der Waals surface area contributed by atoms with Crippen LogP contribution in [0.15, 0.2) is 12.1 Å². The zero-order valence-corrected chi connectivity index (χ0v) is 12.3. The van der Waals surface area contributed by atoms with Crippen molar-refractivity contribution in [3.05, 3.63) is 29.3 Å². The molecule has 0 unspecified atom stereocenters. The van der Waals surface area contributed by atoms with Crippen molar-refractivity contribution < 1.29 is 18.4 Å². The van der Waals surface area contributed by atoms with E-state index < -0.39 is 23.3 Å². The number of Topliss-reactive ketones (excluding diaryl/α,β-unsaturated/α-hetero) is 1. The molecular formula is C15H18F2N2O2. The Bertz CT molecular complexity index is 594. The Labute approximate surface area is 122 Å². The van der Waals surface area contributed by atoms with Gasteiger partial charge >= 0.3 is 0 Å².